The van der Waals surface area contributed by atoms with Crippen LogP contribution >= 0.6 is 0 Å². The van der Waals surface area contributed by atoms with E-state index in [1.807, 2.05) is 6.92 Å². The van der Waals surface area contributed by atoms with E-state index >= 15 is 0 Å². The van der Waals surface area contributed by atoms with Gasteiger partial charge in [0.2, 0.25) is 10.0 Å². The molecule has 38 heavy (non-hydrogen) atoms. The third-order valence-corrected chi connectivity index (χ3v) is 9.87. The Labute approximate surface area is 223 Å². The summed E-state index contributed by atoms with van der Waals surface area (Å²) in [6.45, 7) is 2.98. The molecule has 2 aliphatic carbocycles. The monoisotopic (exact) mass is 543 g/mol. The van der Waals surface area contributed by atoms with E-state index in [9.17, 15) is 23.4 Å². The first-order valence-electron chi connectivity index (χ1n) is 13.3. The lowest BCUT2D eigenvalue weighted by atomic mass is 9.80. The summed E-state index contributed by atoms with van der Waals surface area (Å²) in [5.74, 6) is 0.598. The Morgan fingerprint density at radius 3 is 2.37 bits per heavy atom. The van der Waals surface area contributed by atoms with Crippen molar-refractivity contribution in [2.24, 2.45) is 5.41 Å². The summed E-state index contributed by atoms with van der Waals surface area (Å²) < 4.78 is 28.7. The number of nitrogens with zero attached hydrogens (tertiary/aromatic N) is 2. The number of rotatable bonds is 10. The molecule has 2 aromatic rings. The maximum Gasteiger partial charge on any atom is 0.259 e. The zero-order valence-corrected chi connectivity index (χ0v) is 22.6. The minimum atomic E-state index is -3.73. The Hall–Kier alpha value is -2.73. The van der Waals surface area contributed by atoms with Gasteiger partial charge in [-0.15, -0.1) is 0 Å². The van der Waals surface area contributed by atoms with Gasteiger partial charge in [-0.05, 0) is 87.6 Å². The van der Waals surface area contributed by atoms with Crippen LogP contribution in [0.4, 0.5) is 17.3 Å². The number of aliphatic hydroxyl groups is 2. The lowest BCUT2D eigenvalue weighted by Crippen LogP contribution is -2.50. The molecule has 3 fully saturated rings. The number of nitrogens with one attached hydrogen (secondary N) is 3. The van der Waals surface area contributed by atoms with Crippen molar-refractivity contribution >= 4 is 33.3 Å². The standard InChI is InChI=1S/C27H37N5O5S/c1-26(8-3-9-26)31-38(36,37)21-5-2-4-19(16-21)29-25(35)22-6-7-23(28-20(17-33)18-34)30-24(22)32-14-12-27(10-11-27)13-15-32/h2,4-7,16,20,31,33-34H,3,8-15,17-18H2,1H3,(H,28,30)(H,29,35). The van der Waals surface area contributed by atoms with E-state index in [0.717, 1.165) is 45.2 Å². The topological polar surface area (TPSA) is 144 Å². The first-order chi connectivity index (χ1) is 18.1. The molecule has 3 aliphatic rings. The molecule has 206 valence electrons. The molecule has 1 aromatic carbocycles. The molecule has 10 nitrogen and oxygen atoms in total. The highest BCUT2D eigenvalue weighted by Gasteiger charge is 2.45. The summed E-state index contributed by atoms with van der Waals surface area (Å²) in [6, 6.07) is 9.02. The predicted octanol–water partition coefficient (Wildman–Crippen LogP) is 2.70. The highest BCUT2D eigenvalue weighted by atomic mass is 32.2. The number of piperidine rings is 1. The average Bonchev–Trinajstić information content (AvgIpc) is 3.65. The van der Waals surface area contributed by atoms with Gasteiger partial charge in [-0.3, -0.25) is 4.79 Å². The van der Waals surface area contributed by atoms with Crippen LogP contribution in [-0.4, -0.2) is 67.4 Å². The quantitative estimate of drug-likeness (QED) is 0.308. The molecule has 2 heterocycles. The second-order valence-corrected chi connectivity index (χ2v) is 12.9. The maximum atomic E-state index is 13.5. The Bertz CT molecular complexity index is 1280. The van der Waals surface area contributed by atoms with Gasteiger partial charge in [0.05, 0.1) is 29.7 Å². The Kier molecular flexibility index (Phi) is 7.38. The summed E-state index contributed by atoms with van der Waals surface area (Å²) in [4.78, 5) is 20.4. The molecule has 2 saturated carbocycles. The highest BCUT2D eigenvalue weighted by Crippen LogP contribution is 2.54. The largest absolute Gasteiger partial charge is 0.394 e. The summed E-state index contributed by atoms with van der Waals surface area (Å²) in [5.41, 5.74) is 0.776. The third-order valence-electron chi connectivity index (χ3n) is 8.23. The minimum absolute atomic E-state index is 0.103. The van der Waals surface area contributed by atoms with Crippen molar-refractivity contribution < 1.29 is 23.4 Å². The van der Waals surface area contributed by atoms with E-state index in [1.54, 1.807) is 24.3 Å². The molecule has 5 N–H and O–H groups in total. The second kappa shape index (κ2) is 10.4. The van der Waals surface area contributed by atoms with Crippen LogP contribution in [0.1, 0.15) is 62.2 Å². The highest BCUT2D eigenvalue weighted by molar-refractivity contribution is 7.89. The summed E-state index contributed by atoms with van der Waals surface area (Å²) in [6.07, 6.45) is 7.22. The molecule has 1 saturated heterocycles. The summed E-state index contributed by atoms with van der Waals surface area (Å²) >= 11 is 0. The van der Waals surface area contributed by atoms with Gasteiger partial charge < -0.3 is 25.7 Å². The van der Waals surface area contributed by atoms with Crippen molar-refractivity contribution in [3.8, 4) is 0 Å². The third kappa shape index (κ3) is 5.80. The lowest BCUT2D eigenvalue weighted by Gasteiger charge is -2.38. The first kappa shape index (κ1) is 26.9. The SMILES string of the molecule is CC1(NS(=O)(=O)c2cccc(NC(=O)c3ccc(NC(CO)CO)nc3N3CCC4(CC3)CC4)c2)CCC1. The summed E-state index contributed by atoms with van der Waals surface area (Å²) in [5, 5.41) is 24.8. The van der Waals surface area contributed by atoms with E-state index in [-0.39, 0.29) is 24.0 Å². The predicted molar refractivity (Wildman–Crippen MR) is 146 cm³/mol. The molecule has 5 rings (SSSR count). The molecular weight excluding hydrogens is 506 g/mol. The molecule has 11 heteroatoms. The van der Waals surface area contributed by atoms with Crippen LogP contribution in [0.5, 0.6) is 0 Å². The van der Waals surface area contributed by atoms with Gasteiger partial charge in [-0.1, -0.05) is 6.07 Å². The van der Waals surface area contributed by atoms with Crippen LogP contribution in [0.15, 0.2) is 41.3 Å². The van der Waals surface area contributed by atoms with E-state index in [4.69, 9.17) is 4.98 Å². The van der Waals surface area contributed by atoms with Crippen molar-refractivity contribution in [3.05, 3.63) is 42.0 Å². The van der Waals surface area contributed by atoms with Crippen LogP contribution in [0.25, 0.3) is 0 Å². The number of hydrogen-bond donors (Lipinski definition) is 5. The molecule has 0 bridgehead atoms. The summed E-state index contributed by atoms with van der Waals surface area (Å²) in [7, 11) is -3.73. The number of amides is 1. The van der Waals surface area contributed by atoms with Crippen LogP contribution in [0.3, 0.4) is 0 Å². The molecular formula is C27H37N5O5S. The van der Waals surface area contributed by atoms with Gasteiger partial charge in [0.1, 0.15) is 11.6 Å². The number of anilines is 3. The number of pyridine rings is 1. The number of hydrogen-bond acceptors (Lipinski definition) is 8. The fourth-order valence-electron chi connectivity index (χ4n) is 5.31. The zero-order valence-electron chi connectivity index (χ0n) is 21.7. The Balaban J connectivity index is 1.37. The smallest absolute Gasteiger partial charge is 0.259 e. The van der Waals surface area contributed by atoms with Gasteiger partial charge >= 0.3 is 0 Å². The van der Waals surface area contributed by atoms with Gasteiger partial charge in [-0.2, -0.15) is 0 Å². The van der Waals surface area contributed by atoms with Crippen LogP contribution < -0.4 is 20.3 Å². The second-order valence-electron chi connectivity index (χ2n) is 11.3. The molecule has 1 spiro atoms. The molecule has 1 aliphatic heterocycles. The van der Waals surface area contributed by atoms with Crippen LogP contribution in [-0.2, 0) is 10.0 Å². The van der Waals surface area contributed by atoms with Crippen molar-refractivity contribution in [2.75, 3.05) is 41.8 Å². The van der Waals surface area contributed by atoms with Crippen molar-refractivity contribution in [1.29, 1.82) is 0 Å². The maximum absolute atomic E-state index is 13.5. The fourth-order valence-corrected chi connectivity index (χ4v) is 6.82. The number of benzene rings is 1. The fraction of sp³-hybridized carbons (Fsp3) is 0.556. The Morgan fingerprint density at radius 1 is 1.05 bits per heavy atom. The van der Waals surface area contributed by atoms with E-state index in [0.29, 0.717) is 28.3 Å². The Morgan fingerprint density at radius 2 is 1.76 bits per heavy atom. The number of carbonyl (C=O) groups excluding carboxylic acids is 1. The van der Waals surface area contributed by atoms with Gasteiger partial charge in [0.25, 0.3) is 5.91 Å². The van der Waals surface area contributed by atoms with Crippen LogP contribution in [0, 0.1) is 5.41 Å². The number of aliphatic hydroxyl groups excluding tert-OH is 2. The average molecular weight is 544 g/mol. The number of aromatic nitrogens is 1. The zero-order chi connectivity index (χ0) is 27.0. The molecule has 0 radical (unpaired) electrons. The van der Waals surface area contributed by atoms with Gasteiger partial charge in [-0.25, -0.2) is 18.1 Å². The van der Waals surface area contributed by atoms with Crippen molar-refractivity contribution in [3.63, 3.8) is 0 Å². The van der Waals surface area contributed by atoms with Crippen molar-refractivity contribution in [1.82, 2.24) is 9.71 Å². The first-order valence-corrected chi connectivity index (χ1v) is 14.8. The van der Waals surface area contributed by atoms with E-state index < -0.39 is 21.6 Å². The lowest BCUT2D eigenvalue weighted by molar-refractivity contribution is 0.102. The molecule has 1 aromatic heterocycles. The number of sulfonamides is 1. The van der Waals surface area contributed by atoms with Crippen molar-refractivity contribution in [2.45, 2.75) is 68.3 Å². The van der Waals surface area contributed by atoms with Crippen LogP contribution in [0.2, 0.25) is 0 Å². The van der Waals surface area contributed by atoms with Gasteiger partial charge in [0, 0.05) is 24.3 Å². The normalized spacial score (nSPS) is 19.7. The van der Waals surface area contributed by atoms with E-state index in [2.05, 4.69) is 20.3 Å². The van der Waals surface area contributed by atoms with E-state index in [1.165, 1.54) is 25.0 Å². The molecule has 1 amide bonds. The van der Waals surface area contributed by atoms with Gasteiger partial charge in [0.15, 0.2) is 0 Å². The molecule has 0 unspecified atom stereocenters. The minimum Gasteiger partial charge on any atom is -0.394 e. The molecule has 0 atom stereocenters. The number of carbonyl (C=O) groups is 1.